The van der Waals surface area contributed by atoms with Gasteiger partial charge in [0.2, 0.25) is 5.91 Å². The highest BCUT2D eigenvalue weighted by molar-refractivity contribution is 6.06. The van der Waals surface area contributed by atoms with Crippen LogP contribution in [0.2, 0.25) is 0 Å². The van der Waals surface area contributed by atoms with Crippen molar-refractivity contribution in [3.63, 3.8) is 0 Å². The standard InChI is InChI=1S/C20H24FNO4/c1-3-17-14(2)20(13-21,25-12-15-7-5-4-6-8-15)19(26-17)22-10-9-16(23)11-18(22)24/h4-10,14,17,19H,3,11-13H2,1-2H3/t14-,17-,19-,20-/m1/s1. The van der Waals surface area contributed by atoms with E-state index in [1.54, 1.807) is 0 Å². The Morgan fingerprint density at radius 2 is 2.04 bits per heavy atom. The monoisotopic (exact) mass is 361 g/mol. The second kappa shape index (κ2) is 7.68. The molecule has 2 aliphatic heterocycles. The van der Waals surface area contributed by atoms with Crippen LogP contribution in [0.1, 0.15) is 32.3 Å². The van der Waals surface area contributed by atoms with E-state index in [-0.39, 0.29) is 30.8 Å². The van der Waals surface area contributed by atoms with Gasteiger partial charge >= 0.3 is 0 Å². The summed E-state index contributed by atoms with van der Waals surface area (Å²) in [4.78, 5) is 25.2. The highest BCUT2D eigenvalue weighted by Crippen LogP contribution is 2.43. The van der Waals surface area contributed by atoms with E-state index >= 15 is 0 Å². The van der Waals surface area contributed by atoms with Crippen LogP contribution >= 0.6 is 0 Å². The van der Waals surface area contributed by atoms with Crippen molar-refractivity contribution in [2.75, 3.05) is 6.67 Å². The first kappa shape index (κ1) is 18.7. The Balaban J connectivity index is 1.90. The van der Waals surface area contributed by atoms with E-state index in [0.29, 0.717) is 6.42 Å². The first-order chi connectivity index (χ1) is 12.5. The third-order valence-electron chi connectivity index (χ3n) is 5.30. The molecule has 0 N–H and O–H groups in total. The second-order valence-corrected chi connectivity index (χ2v) is 6.85. The number of benzene rings is 1. The van der Waals surface area contributed by atoms with Crippen molar-refractivity contribution in [2.24, 2.45) is 5.92 Å². The van der Waals surface area contributed by atoms with Crippen LogP contribution in [-0.2, 0) is 25.7 Å². The molecule has 1 saturated heterocycles. The predicted octanol–water partition coefficient (Wildman–Crippen LogP) is 3.00. The molecule has 5 nitrogen and oxygen atoms in total. The molecule has 26 heavy (non-hydrogen) atoms. The van der Waals surface area contributed by atoms with Crippen LogP contribution in [0.3, 0.4) is 0 Å². The van der Waals surface area contributed by atoms with Crippen molar-refractivity contribution >= 4 is 11.7 Å². The van der Waals surface area contributed by atoms with Gasteiger partial charge < -0.3 is 9.47 Å². The Morgan fingerprint density at radius 1 is 1.31 bits per heavy atom. The summed E-state index contributed by atoms with van der Waals surface area (Å²) in [6.07, 6.45) is 2.04. The van der Waals surface area contributed by atoms with Gasteiger partial charge in [-0.1, -0.05) is 44.2 Å². The van der Waals surface area contributed by atoms with Gasteiger partial charge in [-0.25, -0.2) is 4.39 Å². The summed E-state index contributed by atoms with van der Waals surface area (Å²) < 4.78 is 26.5. The van der Waals surface area contributed by atoms with Crippen LogP contribution in [0.25, 0.3) is 0 Å². The van der Waals surface area contributed by atoms with Crippen LogP contribution < -0.4 is 0 Å². The zero-order valence-electron chi connectivity index (χ0n) is 15.1. The molecule has 0 radical (unpaired) electrons. The minimum Gasteiger partial charge on any atom is -0.362 e. The van der Waals surface area contributed by atoms with E-state index in [1.807, 2.05) is 44.2 Å². The van der Waals surface area contributed by atoms with Crippen LogP contribution in [0.15, 0.2) is 42.6 Å². The smallest absolute Gasteiger partial charge is 0.236 e. The number of rotatable bonds is 6. The van der Waals surface area contributed by atoms with Gasteiger partial charge in [0.1, 0.15) is 12.3 Å². The molecule has 1 aromatic carbocycles. The van der Waals surface area contributed by atoms with Crippen LogP contribution in [-0.4, -0.2) is 41.2 Å². The number of carbonyl (C=O) groups is 2. The Labute approximate surface area is 152 Å². The van der Waals surface area contributed by atoms with Gasteiger partial charge in [0.25, 0.3) is 0 Å². The Morgan fingerprint density at radius 3 is 2.65 bits per heavy atom. The van der Waals surface area contributed by atoms with Gasteiger partial charge in [-0.3, -0.25) is 14.5 Å². The molecule has 2 heterocycles. The third kappa shape index (κ3) is 3.31. The van der Waals surface area contributed by atoms with Gasteiger partial charge in [0, 0.05) is 12.1 Å². The molecule has 0 saturated carbocycles. The van der Waals surface area contributed by atoms with E-state index in [4.69, 9.17) is 9.47 Å². The molecule has 0 spiro atoms. The van der Waals surface area contributed by atoms with Gasteiger partial charge in [-0.15, -0.1) is 0 Å². The van der Waals surface area contributed by atoms with E-state index in [9.17, 15) is 14.0 Å². The third-order valence-corrected chi connectivity index (χ3v) is 5.30. The van der Waals surface area contributed by atoms with E-state index in [1.165, 1.54) is 17.2 Å². The molecular formula is C20H24FNO4. The zero-order valence-corrected chi connectivity index (χ0v) is 15.1. The molecule has 0 bridgehead atoms. The van der Waals surface area contributed by atoms with Crippen molar-refractivity contribution in [1.29, 1.82) is 0 Å². The molecule has 0 aliphatic carbocycles. The maximum absolute atomic E-state index is 14.4. The molecular weight excluding hydrogens is 337 g/mol. The topological polar surface area (TPSA) is 55.8 Å². The van der Waals surface area contributed by atoms with Crippen molar-refractivity contribution in [2.45, 2.75) is 51.2 Å². The minimum atomic E-state index is -1.28. The number of ether oxygens (including phenoxy) is 2. The molecule has 1 fully saturated rings. The summed E-state index contributed by atoms with van der Waals surface area (Å²) in [5.74, 6) is -0.905. The highest BCUT2D eigenvalue weighted by atomic mass is 19.1. The lowest BCUT2D eigenvalue weighted by Crippen LogP contribution is -2.56. The van der Waals surface area contributed by atoms with Crippen LogP contribution in [0.4, 0.5) is 4.39 Å². The number of ketones is 1. The van der Waals surface area contributed by atoms with Crippen LogP contribution in [0, 0.1) is 5.92 Å². The van der Waals surface area contributed by atoms with Gasteiger partial charge in [-0.05, 0) is 18.1 Å². The highest BCUT2D eigenvalue weighted by Gasteiger charge is 2.58. The van der Waals surface area contributed by atoms with Gasteiger partial charge in [0.15, 0.2) is 12.0 Å². The molecule has 1 amide bonds. The summed E-state index contributed by atoms with van der Waals surface area (Å²) in [6.45, 7) is 3.28. The van der Waals surface area contributed by atoms with Gasteiger partial charge in [-0.2, -0.15) is 0 Å². The normalized spacial score (nSPS) is 31.7. The minimum absolute atomic E-state index is 0.218. The number of alkyl halides is 1. The van der Waals surface area contributed by atoms with E-state index < -0.39 is 24.4 Å². The number of nitrogens with zero attached hydrogens (tertiary/aromatic N) is 1. The summed E-state index contributed by atoms with van der Waals surface area (Å²) in [5, 5.41) is 0. The molecule has 3 rings (SSSR count). The largest absolute Gasteiger partial charge is 0.362 e. The summed E-state index contributed by atoms with van der Waals surface area (Å²) in [6, 6.07) is 9.50. The average Bonchev–Trinajstić information content (AvgIpc) is 2.93. The fourth-order valence-electron chi connectivity index (χ4n) is 3.66. The number of hydrogen-bond acceptors (Lipinski definition) is 4. The van der Waals surface area contributed by atoms with Crippen molar-refractivity contribution < 1.29 is 23.5 Å². The Kier molecular flexibility index (Phi) is 5.53. The number of halogens is 1. The number of amides is 1. The molecule has 0 aromatic heterocycles. The lowest BCUT2D eigenvalue weighted by atomic mass is 9.85. The fourth-order valence-corrected chi connectivity index (χ4v) is 3.66. The van der Waals surface area contributed by atoms with Crippen molar-refractivity contribution in [1.82, 2.24) is 4.90 Å². The van der Waals surface area contributed by atoms with Gasteiger partial charge in [0.05, 0.1) is 19.1 Å². The van der Waals surface area contributed by atoms with Crippen molar-refractivity contribution in [3.05, 3.63) is 48.2 Å². The summed E-state index contributed by atoms with van der Waals surface area (Å²) in [5.41, 5.74) is -0.362. The lowest BCUT2D eigenvalue weighted by Gasteiger charge is -2.39. The number of hydrogen-bond donors (Lipinski definition) is 0. The Hall–Kier alpha value is -2.05. The summed E-state index contributed by atoms with van der Waals surface area (Å²) in [7, 11) is 0. The predicted molar refractivity (Wildman–Crippen MR) is 93.7 cm³/mol. The first-order valence-electron chi connectivity index (χ1n) is 8.93. The second-order valence-electron chi connectivity index (χ2n) is 6.85. The fraction of sp³-hybridized carbons (Fsp3) is 0.500. The quantitative estimate of drug-likeness (QED) is 0.731. The molecule has 4 atom stereocenters. The lowest BCUT2D eigenvalue weighted by molar-refractivity contribution is -0.178. The molecule has 2 aliphatic rings. The summed E-state index contributed by atoms with van der Waals surface area (Å²) >= 11 is 0. The first-order valence-corrected chi connectivity index (χ1v) is 8.93. The number of allylic oxidation sites excluding steroid dienone is 1. The van der Waals surface area contributed by atoms with Crippen LogP contribution in [0.5, 0.6) is 0 Å². The number of carbonyl (C=O) groups excluding carboxylic acids is 2. The maximum atomic E-state index is 14.4. The SMILES string of the molecule is CC[C@H]1O[C@@H](N2C=CC(=O)CC2=O)[C@](CF)(OCc2ccccc2)[C@@H]1C. The molecule has 6 heteroatoms. The van der Waals surface area contributed by atoms with E-state index in [0.717, 1.165) is 5.56 Å². The van der Waals surface area contributed by atoms with E-state index in [2.05, 4.69) is 0 Å². The molecule has 0 unspecified atom stereocenters. The van der Waals surface area contributed by atoms with Crippen molar-refractivity contribution in [3.8, 4) is 0 Å². The molecule has 140 valence electrons. The average molecular weight is 361 g/mol. The molecule has 1 aromatic rings. The Bertz CT molecular complexity index is 692. The zero-order chi connectivity index (χ0) is 18.7. The maximum Gasteiger partial charge on any atom is 0.236 e.